The predicted octanol–water partition coefficient (Wildman–Crippen LogP) is 1.89. The summed E-state index contributed by atoms with van der Waals surface area (Å²) >= 11 is 0. The second-order valence-electron chi connectivity index (χ2n) is 5.43. The van der Waals surface area contributed by atoms with E-state index in [2.05, 4.69) is 40.9 Å². The van der Waals surface area contributed by atoms with E-state index in [1.165, 1.54) is 5.56 Å². The van der Waals surface area contributed by atoms with Gasteiger partial charge in [-0.3, -0.25) is 9.88 Å². The summed E-state index contributed by atoms with van der Waals surface area (Å²) in [6, 6.07) is 7.31. The maximum Gasteiger partial charge on any atom is 0.0638 e. The molecule has 0 aliphatic carbocycles. The van der Waals surface area contributed by atoms with Crippen LogP contribution >= 0.6 is 0 Å². The van der Waals surface area contributed by atoms with Gasteiger partial charge in [0.15, 0.2) is 0 Å². The molecule has 1 fully saturated rings. The number of aromatic nitrogens is 1. The molecule has 0 spiro atoms. The Morgan fingerprint density at radius 2 is 2.37 bits per heavy atom. The first-order valence-corrected chi connectivity index (χ1v) is 6.91. The molecule has 0 N–H and O–H groups in total. The van der Waals surface area contributed by atoms with Gasteiger partial charge in [0, 0.05) is 44.1 Å². The minimum atomic E-state index is 0.320. The molecule has 1 saturated heterocycles. The van der Waals surface area contributed by atoms with Gasteiger partial charge < -0.3 is 4.90 Å². The van der Waals surface area contributed by atoms with Crippen LogP contribution in [0.3, 0.4) is 0 Å². The lowest BCUT2D eigenvalue weighted by molar-refractivity contribution is 0.178. The maximum absolute atomic E-state index is 9.04. The Kier molecular flexibility index (Phi) is 4.89. The topological polar surface area (TPSA) is 43.2 Å². The Morgan fingerprint density at radius 1 is 1.53 bits per heavy atom. The third-order valence-corrected chi connectivity index (χ3v) is 4.04. The number of hydrogen-bond donors (Lipinski definition) is 0. The standard InChI is InChI=1S/C15H22N4/c1-13-6-9-19(11-14-4-3-8-17-10-14)15(5-7-16)12-18(13)2/h3-4,8,10,13,15H,5-6,9,11-12H2,1-2H3. The summed E-state index contributed by atoms with van der Waals surface area (Å²) < 4.78 is 0. The van der Waals surface area contributed by atoms with Crippen LogP contribution in [0.15, 0.2) is 24.5 Å². The van der Waals surface area contributed by atoms with E-state index >= 15 is 0 Å². The summed E-state index contributed by atoms with van der Waals surface area (Å²) in [7, 11) is 2.16. The van der Waals surface area contributed by atoms with Crippen molar-refractivity contribution in [3.63, 3.8) is 0 Å². The van der Waals surface area contributed by atoms with Crippen molar-refractivity contribution in [2.75, 3.05) is 20.1 Å². The molecule has 19 heavy (non-hydrogen) atoms. The molecule has 0 saturated carbocycles. The highest BCUT2D eigenvalue weighted by molar-refractivity contribution is 5.09. The average Bonchev–Trinajstić information content (AvgIpc) is 2.54. The maximum atomic E-state index is 9.04. The Hall–Kier alpha value is -1.44. The van der Waals surface area contributed by atoms with Crippen molar-refractivity contribution in [2.24, 2.45) is 0 Å². The average molecular weight is 258 g/mol. The Balaban J connectivity index is 2.09. The van der Waals surface area contributed by atoms with E-state index in [1.54, 1.807) is 6.20 Å². The van der Waals surface area contributed by atoms with E-state index in [0.29, 0.717) is 18.5 Å². The second-order valence-corrected chi connectivity index (χ2v) is 5.43. The first-order valence-electron chi connectivity index (χ1n) is 6.91. The number of nitriles is 1. The van der Waals surface area contributed by atoms with Gasteiger partial charge >= 0.3 is 0 Å². The summed E-state index contributed by atoms with van der Waals surface area (Å²) in [6.45, 7) is 5.17. The molecule has 2 heterocycles. The second kappa shape index (κ2) is 6.65. The van der Waals surface area contributed by atoms with Gasteiger partial charge in [-0.05, 0) is 32.0 Å². The Bertz CT molecular complexity index is 426. The predicted molar refractivity (Wildman–Crippen MR) is 75.4 cm³/mol. The molecule has 2 rings (SSSR count). The molecule has 102 valence electrons. The first-order chi connectivity index (χ1) is 9.20. The third kappa shape index (κ3) is 3.76. The van der Waals surface area contributed by atoms with Gasteiger partial charge in [0.25, 0.3) is 0 Å². The molecule has 4 nitrogen and oxygen atoms in total. The zero-order chi connectivity index (χ0) is 13.7. The highest BCUT2D eigenvalue weighted by Gasteiger charge is 2.26. The summed E-state index contributed by atoms with van der Waals surface area (Å²) in [4.78, 5) is 8.97. The zero-order valence-corrected chi connectivity index (χ0v) is 11.8. The van der Waals surface area contributed by atoms with Gasteiger partial charge in [0.1, 0.15) is 0 Å². The van der Waals surface area contributed by atoms with E-state index in [4.69, 9.17) is 5.26 Å². The minimum absolute atomic E-state index is 0.320. The molecule has 1 aliphatic rings. The van der Waals surface area contributed by atoms with Crippen LogP contribution in [0.5, 0.6) is 0 Å². The highest BCUT2D eigenvalue weighted by atomic mass is 15.2. The van der Waals surface area contributed by atoms with Crippen molar-refractivity contribution in [2.45, 2.75) is 38.4 Å². The number of nitrogens with zero attached hydrogens (tertiary/aromatic N) is 4. The van der Waals surface area contributed by atoms with Crippen molar-refractivity contribution in [1.29, 1.82) is 5.26 Å². The number of likely N-dealkylation sites (N-methyl/N-ethyl adjacent to an activating group) is 1. The third-order valence-electron chi connectivity index (χ3n) is 4.04. The van der Waals surface area contributed by atoms with E-state index in [0.717, 1.165) is 26.1 Å². The smallest absolute Gasteiger partial charge is 0.0638 e. The molecule has 0 aromatic carbocycles. The first kappa shape index (κ1) is 14.0. The molecular formula is C15H22N4. The number of rotatable bonds is 3. The number of hydrogen-bond acceptors (Lipinski definition) is 4. The Morgan fingerprint density at radius 3 is 3.05 bits per heavy atom. The number of pyridine rings is 1. The van der Waals surface area contributed by atoms with Crippen molar-refractivity contribution in [3.8, 4) is 6.07 Å². The van der Waals surface area contributed by atoms with Crippen molar-refractivity contribution in [1.82, 2.24) is 14.8 Å². The van der Waals surface area contributed by atoms with Gasteiger partial charge in [0.05, 0.1) is 12.5 Å². The largest absolute Gasteiger partial charge is 0.302 e. The fourth-order valence-corrected chi connectivity index (χ4v) is 2.62. The molecular weight excluding hydrogens is 236 g/mol. The van der Waals surface area contributed by atoms with Crippen LogP contribution in [0, 0.1) is 11.3 Å². The SMILES string of the molecule is CC1CCN(Cc2cccnc2)C(CC#N)CN1C. The molecule has 0 bridgehead atoms. The molecule has 4 heteroatoms. The molecule has 1 aliphatic heterocycles. The van der Waals surface area contributed by atoms with Gasteiger partial charge in [-0.1, -0.05) is 6.07 Å². The zero-order valence-electron chi connectivity index (χ0n) is 11.8. The monoisotopic (exact) mass is 258 g/mol. The van der Waals surface area contributed by atoms with Gasteiger partial charge in [-0.25, -0.2) is 0 Å². The summed E-state index contributed by atoms with van der Waals surface area (Å²) in [5, 5.41) is 9.04. The Labute approximate surface area is 115 Å². The van der Waals surface area contributed by atoms with Gasteiger partial charge in [-0.15, -0.1) is 0 Å². The van der Waals surface area contributed by atoms with Crippen LogP contribution in [-0.2, 0) is 6.54 Å². The van der Waals surface area contributed by atoms with E-state index in [9.17, 15) is 0 Å². The van der Waals surface area contributed by atoms with Crippen LogP contribution in [0.1, 0.15) is 25.3 Å². The molecule has 1 aromatic rings. The molecule has 2 unspecified atom stereocenters. The summed E-state index contributed by atoms with van der Waals surface area (Å²) in [5.74, 6) is 0. The van der Waals surface area contributed by atoms with Gasteiger partial charge in [0.2, 0.25) is 0 Å². The van der Waals surface area contributed by atoms with Crippen LogP contribution in [-0.4, -0.2) is 47.0 Å². The van der Waals surface area contributed by atoms with Crippen LogP contribution in [0.2, 0.25) is 0 Å². The normalized spacial score (nSPS) is 25.7. The van der Waals surface area contributed by atoms with Crippen molar-refractivity contribution >= 4 is 0 Å². The van der Waals surface area contributed by atoms with Gasteiger partial charge in [-0.2, -0.15) is 5.26 Å². The lowest BCUT2D eigenvalue weighted by atomic mass is 10.1. The van der Waals surface area contributed by atoms with Crippen LogP contribution in [0.4, 0.5) is 0 Å². The van der Waals surface area contributed by atoms with Crippen molar-refractivity contribution in [3.05, 3.63) is 30.1 Å². The lowest BCUT2D eigenvalue weighted by Crippen LogP contribution is -2.40. The van der Waals surface area contributed by atoms with E-state index < -0.39 is 0 Å². The van der Waals surface area contributed by atoms with Crippen molar-refractivity contribution < 1.29 is 0 Å². The molecule has 2 atom stereocenters. The fraction of sp³-hybridized carbons (Fsp3) is 0.600. The molecule has 0 amide bonds. The fourth-order valence-electron chi connectivity index (χ4n) is 2.62. The summed E-state index contributed by atoms with van der Waals surface area (Å²) in [5.41, 5.74) is 1.22. The minimum Gasteiger partial charge on any atom is -0.302 e. The van der Waals surface area contributed by atoms with E-state index in [1.807, 2.05) is 12.3 Å². The van der Waals surface area contributed by atoms with E-state index in [-0.39, 0.29) is 0 Å². The molecule has 0 radical (unpaired) electrons. The summed E-state index contributed by atoms with van der Waals surface area (Å²) in [6.07, 6.45) is 5.46. The van der Waals surface area contributed by atoms with Crippen LogP contribution < -0.4 is 0 Å². The highest BCUT2D eigenvalue weighted by Crippen LogP contribution is 2.18. The van der Waals surface area contributed by atoms with Crippen LogP contribution in [0.25, 0.3) is 0 Å². The molecule has 1 aromatic heterocycles. The lowest BCUT2D eigenvalue weighted by Gasteiger charge is -2.29. The quantitative estimate of drug-likeness (QED) is 0.830.